The van der Waals surface area contributed by atoms with Crippen LogP contribution in [0, 0.1) is 16.7 Å². The van der Waals surface area contributed by atoms with E-state index in [9.17, 15) is 4.79 Å². The molecule has 0 aromatic rings. The Kier molecular flexibility index (Phi) is 3.92. The monoisotopic (exact) mass is 225 g/mol. The standard InChI is InChI=1S/C11H19NO2Si/c1-4-14-10(13)11(3,7-12)8(2)15-9-5-6-9/h8-9H,4-6,15H2,1-3H3. The van der Waals surface area contributed by atoms with Gasteiger partial charge < -0.3 is 4.74 Å². The molecule has 3 nitrogen and oxygen atoms in total. The van der Waals surface area contributed by atoms with Gasteiger partial charge in [-0.05, 0) is 19.4 Å². The highest BCUT2D eigenvalue weighted by atomic mass is 28.2. The Morgan fingerprint density at radius 3 is 2.73 bits per heavy atom. The third kappa shape index (κ3) is 2.82. The number of hydrogen-bond donors (Lipinski definition) is 0. The summed E-state index contributed by atoms with van der Waals surface area (Å²) in [6.07, 6.45) is 2.61. The normalized spacial score (nSPS) is 22.0. The lowest BCUT2D eigenvalue weighted by Crippen LogP contribution is -2.34. The molecule has 0 spiro atoms. The Balaban J connectivity index is 2.64. The number of carbonyl (C=O) groups is 1. The Bertz CT molecular complexity index is 283. The van der Waals surface area contributed by atoms with Crippen LogP contribution in [-0.4, -0.2) is 22.1 Å². The molecule has 0 N–H and O–H groups in total. The largest absolute Gasteiger partial charge is 0.465 e. The van der Waals surface area contributed by atoms with Gasteiger partial charge in [0.15, 0.2) is 5.41 Å². The Morgan fingerprint density at radius 1 is 1.73 bits per heavy atom. The molecule has 0 aromatic carbocycles. The minimum Gasteiger partial charge on any atom is -0.465 e. The SMILES string of the molecule is CCOC(=O)C(C)(C#N)C(C)[SiH2]C1CC1. The fourth-order valence-corrected chi connectivity index (χ4v) is 4.16. The summed E-state index contributed by atoms with van der Waals surface area (Å²) in [7, 11) is -0.317. The fraction of sp³-hybridized carbons (Fsp3) is 0.818. The van der Waals surface area contributed by atoms with E-state index in [1.165, 1.54) is 12.8 Å². The molecule has 0 bridgehead atoms. The highest BCUT2D eigenvalue weighted by Crippen LogP contribution is 2.43. The maximum absolute atomic E-state index is 11.7. The van der Waals surface area contributed by atoms with E-state index >= 15 is 0 Å². The summed E-state index contributed by atoms with van der Waals surface area (Å²) in [4.78, 5) is 11.7. The van der Waals surface area contributed by atoms with Crippen molar-refractivity contribution in [3.05, 3.63) is 0 Å². The van der Waals surface area contributed by atoms with E-state index in [-0.39, 0.29) is 21.0 Å². The molecule has 84 valence electrons. The van der Waals surface area contributed by atoms with Gasteiger partial charge in [0.05, 0.1) is 12.7 Å². The predicted molar refractivity (Wildman–Crippen MR) is 61.3 cm³/mol. The van der Waals surface area contributed by atoms with Crippen LogP contribution in [0.25, 0.3) is 0 Å². The quantitative estimate of drug-likeness (QED) is 0.528. The van der Waals surface area contributed by atoms with Gasteiger partial charge in [-0.1, -0.05) is 25.3 Å². The van der Waals surface area contributed by atoms with Crippen LogP contribution >= 0.6 is 0 Å². The van der Waals surface area contributed by atoms with Crippen LogP contribution in [0.4, 0.5) is 0 Å². The van der Waals surface area contributed by atoms with Gasteiger partial charge in [-0.15, -0.1) is 0 Å². The Hall–Kier alpha value is -0.823. The Morgan fingerprint density at radius 2 is 2.33 bits per heavy atom. The maximum Gasteiger partial charge on any atom is 0.326 e. The number of ether oxygens (including phenoxy) is 1. The topological polar surface area (TPSA) is 50.1 Å². The molecule has 1 fully saturated rings. The molecule has 2 unspecified atom stereocenters. The van der Waals surface area contributed by atoms with Crippen molar-refractivity contribution >= 4 is 15.5 Å². The zero-order valence-electron chi connectivity index (χ0n) is 9.75. The Labute approximate surface area is 93.6 Å². The second-order valence-electron chi connectivity index (χ2n) is 4.61. The van der Waals surface area contributed by atoms with Crippen molar-refractivity contribution < 1.29 is 9.53 Å². The predicted octanol–water partition coefficient (Wildman–Crippen LogP) is 1.64. The summed E-state index contributed by atoms with van der Waals surface area (Å²) in [6.45, 7) is 5.89. The summed E-state index contributed by atoms with van der Waals surface area (Å²) < 4.78 is 4.98. The van der Waals surface area contributed by atoms with Crippen molar-refractivity contribution in [3.8, 4) is 6.07 Å². The second-order valence-corrected chi connectivity index (χ2v) is 7.47. The third-order valence-electron chi connectivity index (χ3n) is 3.30. The zero-order valence-corrected chi connectivity index (χ0v) is 11.2. The first-order valence-corrected chi connectivity index (χ1v) is 7.26. The molecule has 0 aromatic heterocycles. The van der Waals surface area contributed by atoms with Crippen molar-refractivity contribution in [3.63, 3.8) is 0 Å². The summed E-state index contributed by atoms with van der Waals surface area (Å²) in [5.41, 5.74) is 0.168. The summed E-state index contributed by atoms with van der Waals surface area (Å²) in [5.74, 6) is -0.340. The van der Waals surface area contributed by atoms with Gasteiger partial charge in [0.2, 0.25) is 0 Å². The van der Waals surface area contributed by atoms with Gasteiger partial charge in [-0.2, -0.15) is 5.26 Å². The van der Waals surface area contributed by atoms with E-state index < -0.39 is 5.41 Å². The molecule has 2 atom stereocenters. The zero-order chi connectivity index (χ0) is 11.5. The van der Waals surface area contributed by atoms with Gasteiger partial charge in [0, 0.05) is 9.52 Å². The van der Waals surface area contributed by atoms with E-state index in [2.05, 4.69) is 6.07 Å². The lowest BCUT2D eigenvalue weighted by atomic mass is 9.89. The number of nitrogens with zero attached hydrogens (tertiary/aromatic N) is 1. The molecule has 0 radical (unpaired) electrons. The van der Waals surface area contributed by atoms with Crippen LogP contribution in [0.15, 0.2) is 0 Å². The molecule has 0 aliphatic heterocycles. The van der Waals surface area contributed by atoms with Gasteiger partial charge >= 0.3 is 5.97 Å². The van der Waals surface area contributed by atoms with Crippen molar-refractivity contribution in [2.45, 2.75) is 44.7 Å². The molecule has 1 rings (SSSR count). The smallest absolute Gasteiger partial charge is 0.326 e. The van der Waals surface area contributed by atoms with E-state index in [1.807, 2.05) is 6.92 Å². The molecule has 4 heteroatoms. The van der Waals surface area contributed by atoms with Gasteiger partial charge in [-0.25, -0.2) is 0 Å². The van der Waals surface area contributed by atoms with Gasteiger partial charge in [0.1, 0.15) is 0 Å². The number of carbonyl (C=O) groups excluding carboxylic acids is 1. The molecule has 15 heavy (non-hydrogen) atoms. The van der Waals surface area contributed by atoms with Crippen molar-refractivity contribution in [1.82, 2.24) is 0 Å². The number of nitriles is 1. The van der Waals surface area contributed by atoms with Gasteiger partial charge in [-0.3, -0.25) is 4.79 Å². The van der Waals surface area contributed by atoms with Crippen molar-refractivity contribution in [1.29, 1.82) is 5.26 Å². The third-order valence-corrected chi connectivity index (χ3v) is 6.31. The molecule has 0 amide bonds. The van der Waals surface area contributed by atoms with Crippen LogP contribution in [0.3, 0.4) is 0 Å². The first-order valence-electron chi connectivity index (χ1n) is 5.63. The number of hydrogen-bond acceptors (Lipinski definition) is 3. The van der Waals surface area contributed by atoms with Gasteiger partial charge in [0.25, 0.3) is 0 Å². The molecule has 1 aliphatic rings. The minimum atomic E-state index is -0.912. The molecule has 0 heterocycles. The first kappa shape index (κ1) is 12.2. The van der Waals surface area contributed by atoms with Crippen molar-refractivity contribution in [2.75, 3.05) is 6.61 Å². The van der Waals surface area contributed by atoms with E-state index in [4.69, 9.17) is 10.00 Å². The van der Waals surface area contributed by atoms with E-state index in [0.717, 1.165) is 5.54 Å². The molecule has 1 aliphatic carbocycles. The second kappa shape index (κ2) is 4.80. The molecule has 0 saturated heterocycles. The van der Waals surface area contributed by atoms with E-state index in [1.54, 1.807) is 13.8 Å². The molecular weight excluding hydrogens is 206 g/mol. The number of esters is 1. The van der Waals surface area contributed by atoms with Crippen molar-refractivity contribution in [2.24, 2.45) is 5.41 Å². The summed E-state index contributed by atoms with van der Waals surface area (Å²) >= 11 is 0. The average Bonchev–Trinajstić information content (AvgIpc) is 3.00. The maximum atomic E-state index is 11.7. The summed E-state index contributed by atoms with van der Waals surface area (Å²) in [6, 6.07) is 2.16. The molecular formula is C11H19NO2Si. The van der Waals surface area contributed by atoms with Crippen LogP contribution in [0.5, 0.6) is 0 Å². The lowest BCUT2D eigenvalue weighted by molar-refractivity contribution is -0.151. The van der Waals surface area contributed by atoms with Crippen LogP contribution < -0.4 is 0 Å². The first-order chi connectivity index (χ1) is 7.04. The highest BCUT2D eigenvalue weighted by molar-refractivity contribution is 6.41. The highest BCUT2D eigenvalue weighted by Gasteiger charge is 2.43. The average molecular weight is 225 g/mol. The van der Waals surface area contributed by atoms with Crippen LogP contribution in [0.2, 0.25) is 11.1 Å². The van der Waals surface area contributed by atoms with Crippen LogP contribution in [-0.2, 0) is 9.53 Å². The van der Waals surface area contributed by atoms with Crippen LogP contribution in [0.1, 0.15) is 33.6 Å². The van der Waals surface area contributed by atoms with E-state index in [0.29, 0.717) is 6.61 Å². The summed E-state index contributed by atoms with van der Waals surface area (Å²) in [5, 5.41) is 9.16. The number of rotatable bonds is 5. The fourth-order valence-electron chi connectivity index (χ4n) is 1.73. The minimum absolute atomic E-state index is 0.217. The lowest BCUT2D eigenvalue weighted by Gasteiger charge is -2.26. The molecule has 1 saturated carbocycles.